The number of hydrogen-bond acceptors (Lipinski definition) is 5. The van der Waals surface area contributed by atoms with Crippen molar-refractivity contribution in [3.8, 4) is 16.9 Å². The van der Waals surface area contributed by atoms with Crippen molar-refractivity contribution in [1.82, 2.24) is 19.7 Å². The molecule has 1 N–H and O–H groups in total. The number of nitrogens with zero attached hydrogens (tertiary/aromatic N) is 4. The van der Waals surface area contributed by atoms with Crippen LogP contribution in [0.2, 0.25) is 0 Å². The SMILES string of the molecule is Cc1csc(NC(=O)C2CCN(C(=O)c3cn(-c4ccccc4)nc3-c3ccc(C)c(C)c3)CC2)n1. The summed E-state index contributed by atoms with van der Waals surface area (Å²) in [6.07, 6.45) is 3.06. The summed E-state index contributed by atoms with van der Waals surface area (Å²) in [5, 5.41) is 10.3. The molecule has 0 radical (unpaired) electrons. The van der Waals surface area contributed by atoms with Gasteiger partial charge in [-0.3, -0.25) is 9.59 Å². The maximum absolute atomic E-state index is 13.7. The fourth-order valence-electron chi connectivity index (χ4n) is 4.48. The van der Waals surface area contributed by atoms with Crippen molar-refractivity contribution in [2.45, 2.75) is 33.6 Å². The second-order valence-electron chi connectivity index (χ2n) is 9.32. The number of thiazole rings is 1. The predicted octanol–water partition coefficient (Wildman–Crippen LogP) is 5.41. The molecule has 0 unspecified atom stereocenters. The van der Waals surface area contributed by atoms with E-state index in [9.17, 15) is 9.59 Å². The Morgan fingerprint density at radius 3 is 2.42 bits per heavy atom. The number of likely N-dealkylation sites (tertiary alicyclic amines) is 1. The zero-order valence-corrected chi connectivity index (χ0v) is 21.5. The highest BCUT2D eigenvalue weighted by Crippen LogP contribution is 2.29. The van der Waals surface area contributed by atoms with E-state index in [1.807, 2.05) is 59.8 Å². The van der Waals surface area contributed by atoms with E-state index in [4.69, 9.17) is 5.10 Å². The molecule has 0 atom stereocenters. The van der Waals surface area contributed by atoms with Crippen molar-refractivity contribution in [3.63, 3.8) is 0 Å². The monoisotopic (exact) mass is 499 g/mol. The molecule has 0 saturated carbocycles. The van der Waals surface area contributed by atoms with Gasteiger partial charge in [0.05, 0.1) is 16.9 Å². The van der Waals surface area contributed by atoms with Gasteiger partial charge in [0, 0.05) is 36.1 Å². The summed E-state index contributed by atoms with van der Waals surface area (Å²) >= 11 is 1.43. The Hall–Kier alpha value is -3.78. The number of hydrogen-bond donors (Lipinski definition) is 1. The van der Waals surface area contributed by atoms with Gasteiger partial charge in [0.15, 0.2) is 5.13 Å². The Morgan fingerprint density at radius 1 is 1.00 bits per heavy atom. The zero-order valence-electron chi connectivity index (χ0n) is 20.7. The van der Waals surface area contributed by atoms with Crippen molar-refractivity contribution in [1.29, 1.82) is 0 Å². The number of aromatic nitrogens is 3. The maximum atomic E-state index is 13.7. The second kappa shape index (κ2) is 10.1. The summed E-state index contributed by atoms with van der Waals surface area (Å²) in [4.78, 5) is 32.6. The molecule has 1 fully saturated rings. The molecule has 1 aliphatic rings. The molecule has 0 spiro atoms. The van der Waals surface area contributed by atoms with E-state index in [0.29, 0.717) is 42.3 Å². The summed E-state index contributed by atoms with van der Waals surface area (Å²) in [6, 6.07) is 16.0. The molecule has 8 heteroatoms. The van der Waals surface area contributed by atoms with Crippen LogP contribution >= 0.6 is 11.3 Å². The van der Waals surface area contributed by atoms with Gasteiger partial charge in [0.25, 0.3) is 5.91 Å². The molecule has 1 aliphatic heterocycles. The lowest BCUT2D eigenvalue weighted by molar-refractivity contribution is -0.121. The largest absolute Gasteiger partial charge is 0.338 e. The quantitative estimate of drug-likeness (QED) is 0.398. The van der Waals surface area contributed by atoms with E-state index in [2.05, 4.69) is 36.3 Å². The second-order valence-corrected chi connectivity index (χ2v) is 10.2. The highest BCUT2D eigenvalue weighted by molar-refractivity contribution is 7.13. The number of benzene rings is 2. The van der Waals surface area contributed by atoms with Gasteiger partial charge in [-0.25, -0.2) is 9.67 Å². The third-order valence-corrected chi connectivity index (χ3v) is 7.62. The predicted molar refractivity (Wildman–Crippen MR) is 143 cm³/mol. The van der Waals surface area contributed by atoms with Crippen molar-refractivity contribution < 1.29 is 9.59 Å². The molecule has 0 aliphatic carbocycles. The maximum Gasteiger partial charge on any atom is 0.257 e. The topological polar surface area (TPSA) is 80.1 Å². The van der Waals surface area contributed by atoms with Crippen LogP contribution in [0.1, 0.15) is 40.0 Å². The van der Waals surface area contributed by atoms with E-state index in [1.54, 1.807) is 4.68 Å². The standard InChI is InChI=1S/C28H29N5O2S/c1-18-9-10-22(15-19(18)2)25-24(16-33(31-25)23-7-5-4-6-8-23)27(35)32-13-11-21(12-14-32)26(34)30-28-29-20(3)17-36-28/h4-10,15-17,21H,11-14H2,1-3H3,(H,29,30,34). The Balaban J connectivity index is 1.36. The van der Waals surface area contributed by atoms with E-state index in [-0.39, 0.29) is 17.7 Å². The van der Waals surface area contributed by atoms with Gasteiger partial charge in [-0.05, 0) is 62.9 Å². The number of anilines is 1. The van der Waals surface area contributed by atoms with Crippen LogP contribution in [0.25, 0.3) is 16.9 Å². The van der Waals surface area contributed by atoms with Crippen LogP contribution in [0.15, 0.2) is 60.1 Å². The molecule has 0 bridgehead atoms. The van der Waals surface area contributed by atoms with Gasteiger partial charge < -0.3 is 10.2 Å². The van der Waals surface area contributed by atoms with E-state index in [1.165, 1.54) is 16.9 Å². The van der Waals surface area contributed by atoms with Crippen LogP contribution in [-0.2, 0) is 4.79 Å². The first-order valence-corrected chi connectivity index (χ1v) is 13.0. The first-order valence-electron chi connectivity index (χ1n) is 12.1. The average molecular weight is 500 g/mol. The van der Waals surface area contributed by atoms with Crippen LogP contribution in [0.4, 0.5) is 5.13 Å². The van der Waals surface area contributed by atoms with E-state index >= 15 is 0 Å². The summed E-state index contributed by atoms with van der Waals surface area (Å²) in [7, 11) is 0. The molecule has 1 saturated heterocycles. The Bertz CT molecular complexity index is 1400. The van der Waals surface area contributed by atoms with Gasteiger partial charge in [-0.2, -0.15) is 5.10 Å². The Labute approximate surface area is 214 Å². The lowest BCUT2D eigenvalue weighted by atomic mass is 9.95. The molecule has 36 heavy (non-hydrogen) atoms. The number of aryl methyl sites for hydroxylation is 3. The molecule has 4 aromatic rings. The van der Waals surface area contributed by atoms with Gasteiger partial charge >= 0.3 is 0 Å². The Morgan fingerprint density at radius 2 is 1.75 bits per heavy atom. The number of piperidine rings is 1. The minimum atomic E-state index is -0.135. The van der Waals surface area contributed by atoms with Crippen molar-refractivity contribution in [3.05, 3.63) is 82.5 Å². The van der Waals surface area contributed by atoms with Gasteiger partial charge in [0.2, 0.25) is 5.91 Å². The van der Waals surface area contributed by atoms with Crippen molar-refractivity contribution in [2.75, 3.05) is 18.4 Å². The summed E-state index contributed by atoms with van der Waals surface area (Å²) < 4.78 is 1.77. The lowest BCUT2D eigenvalue weighted by Crippen LogP contribution is -2.41. The minimum absolute atomic E-state index is 0.0239. The van der Waals surface area contributed by atoms with Gasteiger partial charge in [-0.15, -0.1) is 11.3 Å². The van der Waals surface area contributed by atoms with E-state index < -0.39 is 0 Å². The molecule has 5 rings (SSSR count). The fraction of sp³-hybridized carbons (Fsp3) is 0.286. The van der Waals surface area contributed by atoms with Crippen LogP contribution in [0.5, 0.6) is 0 Å². The molecule has 7 nitrogen and oxygen atoms in total. The minimum Gasteiger partial charge on any atom is -0.338 e. The third-order valence-electron chi connectivity index (χ3n) is 6.75. The van der Waals surface area contributed by atoms with Crippen LogP contribution in [0.3, 0.4) is 0 Å². The molecular formula is C28H29N5O2S. The van der Waals surface area contributed by atoms with E-state index in [0.717, 1.165) is 22.5 Å². The first-order chi connectivity index (χ1) is 17.4. The molecule has 2 aromatic carbocycles. The zero-order chi connectivity index (χ0) is 25.2. The number of carbonyl (C=O) groups is 2. The fourth-order valence-corrected chi connectivity index (χ4v) is 5.17. The molecule has 2 amide bonds. The molecule has 184 valence electrons. The van der Waals surface area contributed by atoms with Crippen LogP contribution < -0.4 is 5.32 Å². The summed E-state index contributed by atoms with van der Waals surface area (Å²) in [5.41, 5.74) is 6.31. The number of rotatable bonds is 5. The van der Waals surface area contributed by atoms with Crippen LogP contribution in [0, 0.1) is 26.7 Å². The average Bonchev–Trinajstić information content (AvgIpc) is 3.52. The van der Waals surface area contributed by atoms with Gasteiger partial charge in [0.1, 0.15) is 5.69 Å². The Kier molecular flexibility index (Phi) is 6.69. The van der Waals surface area contributed by atoms with Gasteiger partial charge in [-0.1, -0.05) is 30.3 Å². The highest BCUT2D eigenvalue weighted by atomic mass is 32.1. The molecule has 3 heterocycles. The highest BCUT2D eigenvalue weighted by Gasteiger charge is 2.30. The third kappa shape index (κ3) is 4.95. The normalized spacial score (nSPS) is 14.1. The number of amides is 2. The molecule has 2 aromatic heterocycles. The van der Waals surface area contributed by atoms with Crippen LogP contribution in [-0.4, -0.2) is 44.6 Å². The number of carbonyl (C=O) groups excluding carboxylic acids is 2. The summed E-state index contributed by atoms with van der Waals surface area (Å²) in [6.45, 7) is 7.09. The smallest absolute Gasteiger partial charge is 0.257 e. The molecular weight excluding hydrogens is 470 g/mol. The van der Waals surface area contributed by atoms with Crippen molar-refractivity contribution >= 4 is 28.3 Å². The lowest BCUT2D eigenvalue weighted by Gasteiger charge is -2.31. The number of para-hydroxylation sites is 1. The summed E-state index contributed by atoms with van der Waals surface area (Å²) in [5.74, 6) is -0.214. The van der Waals surface area contributed by atoms with Crippen molar-refractivity contribution in [2.24, 2.45) is 5.92 Å². The number of nitrogens with one attached hydrogen (secondary N) is 1. The first kappa shape index (κ1) is 23.9.